The highest BCUT2D eigenvalue weighted by molar-refractivity contribution is 6.06. The van der Waals surface area contributed by atoms with Gasteiger partial charge in [0.2, 0.25) is 0 Å². The van der Waals surface area contributed by atoms with Crippen LogP contribution in [0.2, 0.25) is 0 Å². The van der Waals surface area contributed by atoms with Gasteiger partial charge in [-0.2, -0.15) is 0 Å². The van der Waals surface area contributed by atoms with Gasteiger partial charge in [0.25, 0.3) is 5.91 Å². The lowest BCUT2D eigenvalue weighted by molar-refractivity contribution is -0.112. The van der Waals surface area contributed by atoms with Crippen LogP contribution >= 0.6 is 0 Å². The van der Waals surface area contributed by atoms with Crippen molar-refractivity contribution < 1.29 is 9.18 Å². The molecule has 0 saturated heterocycles. The first kappa shape index (κ1) is 16.7. The summed E-state index contributed by atoms with van der Waals surface area (Å²) in [7, 11) is 0. The van der Waals surface area contributed by atoms with E-state index in [0.29, 0.717) is 12.1 Å². The van der Waals surface area contributed by atoms with Gasteiger partial charge < -0.3 is 10.6 Å². The zero-order chi connectivity index (χ0) is 17.1. The molecule has 1 unspecified atom stereocenters. The Morgan fingerprint density at radius 2 is 2.04 bits per heavy atom. The summed E-state index contributed by atoms with van der Waals surface area (Å²) in [5.74, 6) is -0.643. The summed E-state index contributed by atoms with van der Waals surface area (Å²) in [5, 5.41) is 6.16. The molecule has 1 aromatic rings. The summed E-state index contributed by atoms with van der Waals surface area (Å²) in [6.07, 6.45) is 4.88. The first-order valence-electron chi connectivity index (χ1n) is 8.43. The lowest BCUT2D eigenvalue weighted by Gasteiger charge is -2.19. The van der Waals surface area contributed by atoms with Crippen molar-refractivity contribution in [2.75, 3.05) is 18.4 Å². The van der Waals surface area contributed by atoms with E-state index in [1.807, 2.05) is 31.2 Å². The maximum Gasteiger partial charge on any atom is 0.258 e. The molecule has 0 aromatic heterocycles. The van der Waals surface area contributed by atoms with Crippen LogP contribution in [0.5, 0.6) is 0 Å². The number of benzene rings is 1. The third-order valence-corrected chi connectivity index (χ3v) is 4.61. The Kier molecular flexibility index (Phi) is 4.95. The molecular weight excluding hydrogens is 303 g/mol. The van der Waals surface area contributed by atoms with E-state index in [4.69, 9.17) is 0 Å². The summed E-state index contributed by atoms with van der Waals surface area (Å²) in [6, 6.07) is 7.75. The van der Waals surface area contributed by atoms with Crippen LogP contribution < -0.4 is 10.6 Å². The third kappa shape index (κ3) is 3.65. The highest BCUT2D eigenvalue weighted by Crippen LogP contribution is 2.26. The second kappa shape index (κ2) is 7.14. The summed E-state index contributed by atoms with van der Waals surface area (Å²) < 4.78 is 13.8. The molecule has 1 amide bonds. The van der Waals surface area contributed by atoms with Crippen molar-refractivity contribution in [2.24, 2.45) is 5.92 Å². The lowest BCUT2D eigenvalue weighted by atomic mass is 9.95. The molecule has 126 valence electrons. The fourth-order valence-corrected chi connectivity index (χ4v) is 3.11. The summed E-state index contributed by atoms with van der Waals surface area (Å²) >= 11 is 0. The van der Waals surface area contributed by atoms with Gasteiger partial charge in [-0.3, -0.25) is 4.79 Å². The number of carbonyl (C=O) groups is 1. The molecule has 4 heteroatoms. The number of halogens is 1. The van der Waals surface area contributed by atoms with Crippen molar-refractivity contribution in [3.8, 4) is 0 Å². The van der Waals surface area contributed by atoms with Gasteiger partial charge in [0, 0.05) is 12.2 Å². The minimum Gasteiger partial charge on any atom is -0.322 e. The second-order valence-electron chi connectivity index (χ2n) is 6.56. The highest BCUT2D eigenvalue weighted by Gasteiger charge is 2.19. The van der Waals surface area contributed by atoms with Crippen molar-refractivity contribution in [3.05, 3.63) is 59.0 Å². The summed E-state index contributed by atoms with van der Waals surface area (Å²) in [5.41, 5.74) is 4.69. The van der Waals surface area contributed by atoms with Gasteiger partial charge in [0.05, 0.1) is 5.57 Å². The van der Waals surface area contributed by atoms with Crippen LogP contribution in [0, 0.1) is 5.92 Å². The average molecular weight is 326 g/mol. The Morgan fingerprint density at radius 3 is 2.75 bits per heavy atom. The van der Waals surface area contributed by atoms with Crippen LogP contribution in [-0.4, -0.2) is 19.0 Å². The van der Waals surface area contributed by atoms with E-state index in [1.165, 1.54) is 17.2 Å². The van der Waals surface area contributed by atoms with Gasteiger partial charge >= 0.3 is 0 Å². The Morgan fingerprint density at radius 1 is 1.29 bits per heavy atom. The van der Waals surface area contributed by atoms with Gasteiger partial charge in [0.15, 0.2) is 0 Å². The number of hydrogen-bond donors (Lipinski definition) is 2. The van der Waals surface area contributed by atoms with Gasteiger partial charge in [-0.25, -0.2) is 4.39 Å². The first-order chi connectivity index (χ1) is 11.5. The Balaban J connectivity index is 1.73. The predicted molar refractivity (Wildman–Crippen MR) is 96.2 cm³/mol. The second-order valence-corrected chi connectivity index (χ2v) is 6.56. The molecule has 2 N–H and O–H groups in total. The van der Waals surface area contributed by atoms with E-state index in [0.717, 1.165) is 25.1 Å². The van der Waals surface area contributed by atoms with Crippen LogP contribution in [-0.2, 0) is 4.79 Å². The van der Waals surface area contributed by atoms with Crippen LogP contribution in [0.4, 0.5) is 10.1 Å². The van der Waals surface area contributed by atoms with E-state index >= 15 is 0 Å². The van der Waals surface area contributed by atoms with E-state index < -0.39 is 11.7 Å². The van der Waals surface area contributed by atoms with Gasteiger partial charge in [-0.05, 0) is 61.6 Å². The van der Waals surface area contributed by atoms with Gasteiger partial charge in [-0.1, -0.05) is 30.7 Å². The molecule has 0 fully saturated rings. The quantitative estimate of drug-likeness (QED) is 0.873. The molecule has 0 radical (unpaired) electrons. The number of rotatable bonds is 3. The molecule has 2 aliphatic rings. The van der Waals surface area contributed by atoms with Crippen molar-refractivity contribution in [1.29, 1.82) is 0 Å². The van der Waals surface area contributed by atoms with E-state index in [9.17, 15) is 9.18 Å². The minimum atomic E-state index is -0.434. The topological polar surface area (TPSA) is 41.1 Å². The largest absolute Gasteiger partial charge is 0.322 e. The van der Waals surface area contributed by atoms with Gasteiger partial charge in [0.1, 0.15) is 5.83 Å². The lowest BCUT2D eigenvalue weighted by Crippen LogP contribution is -2.23. The van der Waals surface area contributed by atoms with Crippen LogP contribution in [0.15, 0.2) is 53.4 Å². The molecule has 0 bridgehead atoms. The monoisotopic (exact) mass is 326 g/mol. The van der Waals surface area contributed by atoms with Crippen molar-refractivity contribution in [3.63, 3.8) is 0 Å². The molecule has 1 heterocycles. The highest BCUT2D eigenvalue weighted by atomic mass is 19.1. The summed E-state index contributed by atoms with van der Waals surface area (Å²) in [6.45, 7) is 6.03. The van der Waals surface area contributed by atoms with Crippen molar-refractivity contribution in [1.82, 2.24) is 5.32 Å². The smallest absolute Gasteiger partial charge is 0.258 e. The molecule has 3 rings (SSSR count). The predicted octanol–water partition coefficient (Wildman–Crippen LogP) is 4.21. The molecule has 1 aromatic carbocycles. The SMILES string of the molecule is CC1=C(c2ccc(NC(=O)C3=CC(C)CC=C3F)cc2)CNCC1. The van der Waals surface area contributed by atoms with Crippen LogP contribution in [0.1, 0.15) is 32.3 Å². The average Bonchev–Trinajstić information content (AvgIpc) is 2.58. The zero-order valence-corrected chi connectivity index (χ0v) is 14.2. The Labute approximate surface area is 142 Å². The summed E-state index contributed by atoms with van der Waals surface area (Å²) in [4.78, 5) is 12.3. The Hall–Kier alpha value is -2.20. The maximum atomic E-state index is 13.8. The minimum absolute atomic E-state index is 0.132. The number of carbonyl (C=O) groups excluding carboxylic acids is 1. The fourth-order valence-electron chi connectivity index (χ4n) is 3.11. The number of allylic oxidation sites excluding steroid dienone is 2. The van der Waals surface area contributed by atoms with Crippen LogP contribution in [0.3, 0.4) is 0 Å². The molecule has 1 atom stereocenters. The van der Waals surface area contributed by atoms with Crippen molar-refractivity contribution in [2.45, 2.75) is 26.7 Å². The van der Waals surface area contributed by atoms with E-state index in [1.54, 1.807) is 6.08 Å². The van der Waals surface area contributed by atoms with E-state index in [-0.39, 0.29) is 11.5 Å². The third-order valence-electron chi connectivity index (χ3n) is 4.61. The zero-order valence-electron chi connectivity index (χ0n) is 14.2. The normalized spacial score (nSPS) is 21.2. The number of hydrogen-bond acceptors (Lipinski definition) is 2. The molecule has 1 aliphatic heterocycles. The molecule has 0 spiro atoms. The molecule has 24 heavy (non-hydrogen) atoms. The first-order valence-corrected chi connectivity index (χ1v) is 8.43. The fraction of sp³-hybridized carbons (Fsp3) is 0.350. The van der Waals surface area contributed by atoms with E-state index in [2.05, 4.69) is 17.6 Å². The molecule has 1 aliphatic carbocycles. The molecule has 0 saturated carbocycles. The number of amides is 1. The number of nitrogens with one attached hydrogen (secondary N) is 2. The maximum absolute atomic E-state index is 13.8. The van der Waals surface area contributed by atoms with Gasteiger partial charge in [-0.15, -0.1) is 0 Å². The Bertz CT molecular complexity index is 729. The van der Waals surface area contributed by atoms with Crippen molar-refractivity contribution >= 4 is 17.2 Å². The standard InChI is InChI=1S/C20H23FN2O/c1-13-3-8-19(21)17(11-13)20(24)23-16-6-4-15(5-7-16)18-12-22-10-9-14(18)2/h4-8,11,13,22H,3,9-10,12H2,1-2H3,(H,23,24). The number of anilines is 1. The van der Waals surface area contributed by atoms with Crippen LogP contribution in [0.25, 0.3) is 5.57 Å². The molecular formula is C20H23FN2O. The molecule has 3 nitrogen and oxygen atoms in total.